The molecule has 6 heteroatoms. The number of anilines is 1. The van der Waals surface area contributed by atoms with Crippen LogP contribution in [0.5, 0.6) is 0 Å². The van der Waals surface area contributed by atoms with Crippen molar-refractivity contribution in [3.8, 4) is 11.1 Å². The van der Waals surface area contributed by atoms with E-state index in [1.165, 1.54) is 25.7 Å². The number of ketones is 2. The van der Waals surface area contributed by atoms with Crippen LogP contribution in [0.25, 0.3) is 11.1 Å². The van der Waals surface area contributed by atoms with Crippen LogP contribution in [0.1, 0.15) is 80.4 Å². The number of carbonyl (C=O) groups excluding carboxylic acids is 2. The molecule has 1 saturated carbocycles. The standard InChI is InChI=1S/C34H43N3O3/c1-23-17-24(2)30(34(39)18-23)11-12-33(38)31-19-27(20-32(25(31)3)36(4)29-7-5-6-8-29)26-9-10-28(35-21-26)22-37-13-15-40-16-14-37/h9-10,17,19-21,29H,5-8,11-16,18,22H2,1-4H3. The van der Waals surface area contributed by atoms with Gasteiger partial charge >= 0.3 is 0 Å². The summed E-state index contributed by atoms with van der Waals surface area (Å²) in [4.78, 5) is 36.0. The zero-order valence-electron chi connectivity index (χ0n) is 24.6. The van der Waals surface area contributed by atoms with Crippen molar-refractivity contribution in [2.75, 3.05) is 38.3 Å². The monoisotopic (exact) mass is 541 g/mol. The molecular weight excluding hydrogens is 498 g/mol. The van der Waals surface area contributed by atoms with Crippen molar-refractivity contribution >= 4 is 17.3 Å². The van der Waals surface area contributed by atoms with E-state index in [-0.39, 0.29) is 11.6 Å². The Morgan fingerprint density at radius 3 is 2.50 bits per heavy atom. The molecule has 1 aromatic carbocycles. The number of allylic oxidation sites excluding steroid dienone is 4. The molecule has 2 fully saturated rings. The second kappa shape index (κ2) is 12.6. The second-order valence-electron chi connectivity index (χ2n) is 11.8. The van der Waals surface area contributed by atoms with Crippen LogP contribution in [0, 0.1) is 6.92 Å². The molecule has 1 aromatic heterocycles. The fraction of sp³-hybridized carbons (Fsp3) is 0.500. The van der Waals surface area contributed by atoms with Crippen LogP contribution in [-0.2, 0) is 16.1 Å². The fourth-order valence-electron chi connectivity index (χ4n) is 6.48. The highest BCUT2D eigenvalue weighted by atomic mass is 16.5. The summed E-state index contributed by atoms with van der Waals surface area (Å²) in [5.74, 6) is 0.248. The molecule has 0 N–H and O–H groups in total. The molecule has 6 nitrogen and oxygen atoms in total. The first-order valence-corrected chi connectivity index (χ1v) is 14.9. The van der Waals surface area contributed by atoms with Crippen molar-refractivity contribution in [2.45, 2.75) is 78.3 Å². The lowest BCUT2D eigenvalue weighted by atomic mass is 9.88. The molecule has 0 spiro atoms. The molecule has 212 valence electrons. The molecule has 0 amide bonds. The zero-order valence-corrected chi connectivity index (χ0v) is 24.6. The van der Waals surface area contributed by atoms with Crippen LogP contribution < -0.4 is 4.90 Å². The number of hydrogen-bond acceptors (Lipinski definition) is 6. The van der Waals surface area contributed by atoms with Gasteiger partial charge in [0.25, 0.3) is 0 Å². The molecule has 2 aromatic rings. The van der Waals surface area contributed by atoms with Gasteiger partial charge in [-0.1, -0.05) is 30.6 Å². The normalized spacial score (nSPS) is 18.8. The predicted octanol–water partition coefficient (Wildman–Crippen LogP) is 6.47. The molecule has 2 aliphatic carbocycles. The smallest absolute Gasteiger partial charge is 0.163 e. The lowest BCUT2D eigenvalue weighted by Crippen LogP contribution is -2.35. The van der Waals surface area contributed by atoms with E-state index in [9.17, 15) is 9.59 Å². The number of rotatable bonds is 9. The number of carbonyl (C=O) groups is 2. The van der Waals surface area contributed by atoms with Gasteiger partial charge in [0.05, 0.1) is 18.9 Å². The number of benzene rings is 1. The first-order chi connectivity index (χ1) is 19.3. The average molecular weight is 542 g/mol. The van der Waals surface area contributed by atoms with Gasteiger partial charge < -0.3 is 9.64 Å². The van der Waals surface area contributed by atoms with E-state index in [0.29, 0.717) is 25.3 Å². The van der Waals surface area contributed by atoms with Crippen molar-refractivity contribution in [2.24, 2.45) is 0 Å². The van der Waals surface area contributed by atoms with E-state index in [2.05, 4.69) is 48.0 Å². The Morgan fingerprint density at radius 2 is 1.82 bits per heavy atom. The second-order valence-corrected chi connectivity index (χ2v) is 11.8. The molecular formula is C34H43N3O3. The third-order valence-electron chi connectivity index (χ3n) is 8.90. The first kappa shape index (κ1) is 28.4. The maximum Gasteiger partial charge on any atom is 0.163 e. The summed E-state index contributed by atoms with van der Waals surface area (Å²) in [7, 11) is 2.17. The van der Waals surface area contributed by atoms with Crippen molar-refractivity contribution < 1.29 is 14.3 Å². The Hall–Kier alpha value is -3.09. The Balaban J connectivity index is 1.42. The molecule has 0 unspecified atom stereocenters. The fourth-order valence-corrected chi connectivity index (χ4v) is 6.48. The van der Waals surface area contributed by atoms with Crippen LogP contribution in [0.15, 0.2) is 53.3 Å². The molecule has 2 heterocycles. The van der Waals surface area contributed by atoms with Gasteiger partial charge in [-0.05, 0) is 80.5 Å². The van der Waals surface area contributed by atoms with Gasteiger partial charge in [-0.2, -0.15) is 0 Å². The third-order valence-corrected chi connectivity index (χ3v) is 8.90. The minimum atomic E-state index is 0.0942. The molecule has 0 bridgehead atoms. The quantitative estimate of drug-likeness (QED) is 0.339. The number of hydrogen-bond donors (Lipinski definition) is 0. The van der Waals surface area contributed by atoms with Gasteiger partial charge in [-0.3, -0.25) is 19.5 Å². The molecule has 0 atom stereocenters. The van der Waals surface area contributed by atoms with Crippen molar-refractivity contribution in [3.63, 3.8) is 0 Å². The molecule has 1 aliphatic heterocycles. The van der Waals surface area contributed by atoms with Gasteiger partial charge in [0.15, 0.2) is 11.6 Å². The zero-order chi connectivity index (χ0) is 28.2. The van der Waals surface area contributed by atoms with Gasteiger partial charge in [-0.15, -0.1) is 0 Å². The number of pyridine rings is 1. The Kier molecular flexibility index (Phi) is 8.97. The van der Waals surface area contributed by atoms with E-state index in [1.807, 2.05) is 26.1 Å². The maximum absolute atomic E-state index is 13.7. The summed E-state index contributed by atoms with van der Waals surface area (Å²) >= 11 is 0. The SMILES string of the molecule is CC1=CC(C)=C(CCC(=O)c2cc(-c3ccc(CN4CCOCC4)nc3)cc(N(C)C3CCCC3)c2C)C(=O)C1. The average Bonchev–Trinajstić information content (AvgIpc) is 3.48. The highest BCUT2D eigenvalue weighted by Crippen LogP contribution is 2.35. The van der Waals surface area contributed by atoms with E-state index >= 15 is 0 Å². The highest BCUT2D eigenvalue weighted by molar-refractivity contribution is 6.03. The first-order valence-electron chi connectivity index (χ1n) is 14.9. The van der Waals surface area contributed by atoms with Crippen LogP contribution in [0.3, 0.4) is 0 Å². The van der Waals surface area contributed by atoms with Gasteiger partial charge in [0.1, 0.15) is 0 Å². The number of aromatic nitrogens is 1. The number of ether oxygens (including phenoxy) is 1. The molecule has 5 rings (SSSR count). The molecule has 3 aliphatic rings. The summed E-state index contributed by atoms with van der Waals surface area (Å²) in [6.07, 6.45) is 10.2. The topological polar surface area (TPSA) is 62.7 Å². The predicted molar refractivity (Wildman–Crippen MR) is 161 cm³/mol. The van der Waals surface area contributed by atoms with Crippen LogP contribution in [0.2, 0.25) is 0 Å². The van der Waals surface area contributed by atoms with Gasteiger partial charge in [0.2, 0.25) is 0 Å². The van der Waals surface area contributed by atoms with Crippen LogP contribution in [-0.4, -0.2) is 60.8 Å². The molecule has 0 radical (unpaired) electrons. The summed E-state index contributed by atoms with van der Waals surface area (Å²) in [5, 5.41) is 0. The summed E-state index contributed by atoms with van der Waals surface area (Å²) < 4.78 is 5.47. The highest BCUT2D eigenvalue weighted by Gasteiger charge is 2.25. The van der Waals surface area contributed by atoms with Crippen molar-refractivity contribution in [1.29, 1.82) is 0 Å². The third kappa shape index (κ3) is 6.45. The van der Waals surface area contributed by atoms with E-state index in [4.69, 9.17) is 9.72 Å². The van der Waals surface area contributed by atoms with Gasteiger partial charge in [0, 0.05) is 68.6 Å². The van der Waals surface area contributed by atoms with Crippen LogP contribution in [0.4, 0.5) is 5.69 Å². The lowest BCUT2D eigenvalue weighted by molar-refractivity contribution is -0.115. The van der Waals surface area contributed by atoms with E-state index < -0.39 is 0 Å². The minimum Gasteiger partial charge on any atom is -0.379 e. The summed E-state index contributed by atoms with van der Waals surface area (Å²) in [6.45, 7) is 10.3. The van der Waals surface area contributed by atoms with Gasteiger partial charge in [-0.25, -0.2) is 0 Å². The largest absolute Gasteiger partial charge is 0.379 e. The Labute approximate surface area is 239 Å². The number of morpholine rings is 1. The molecule has 40 heavy (non-hydrogen) atoms. The Bertz CT molecular complexity index is 1310. The van der Waals surface area contributed by atoms with E-state index in [0.717, 1.165) is 83.2 Å². The Morgan fingerprint density at radius 1 is 1.07 bits per heavy atom. The number of nitrogens with zero attached hydrogens (tertiary/aromatic N) is 3. The maximum atomic E-state index is 13.7. The number of Topliss-reactive ketones (excluding diaryl/α,β-unsaturated/α-hetero) is 2. The van der Waals surface area contributed by atoms with E-state index in [1.54, 1.807) is 0 Å². The summed E-state index contributed by atoms with van der Waals surface area (Å²) in [6, 6.07) is 8.99. The lowest BCUT2D eigenvalue weighted by Gasteiger charge is -2.29. The van der Waals surface area contributed by atoms with Crippen LogP contribution >= 0.6 is 0 Å². The van der Waals surface area contributed by atoms with Crippen molar-refractivity contribution in [1.82, 2.24) is 9.88 Å². The minimum absolute atomic E-state index is 0.0942. The van der Waals surface area contributed by atoms with Crippen molar-refractivity contribution in [3.05, 3.63) is 70.1 Å². The summed E-state index contributed by atoms with van der Waals surface area (Å²) in [5.41, 5.74) is 8.86. The molecule has 1 saturated heterocycles.